The maximum atomic E-state index is 12.1. The van der Waals surface area contributed by atoms with Crippen molar-refractivity contribution >= 4 is 51.3 Å². The molecule has 0 saturated heterocycles. The first-order valence-corrected chi connectivity index (χ1v) is 11.8. The molecule has 0 aromatic heterocycles. The van der Waals surface area contributed by atoms with Crippen molar-refractivity contribution in [3.05, 3.63) is 29.8 Å². The van der Waals surface area contributed by atoms with Gasteiger partial charge >= 0.3 is 12.3 Å². The summed E-state index contributed by atoms with van der Waals surface area (Å²) < 4.78 is 43.1. The molecule has 1 amide bonds. The first-order chi connectivity index (χ1) is 14.5. The van der Waals surface area contributed by atoms with E-state index >= 15 is 0 Å². The molecule has 1 aromatic carbocycles. The summed E-state index contributed by atoms with van der Waals surface area (Å²) >= 11 is 11.2. The highest BCUT2D eigenvalue weighted by molar-refractivity contribution is 7.90. The molecule has 1 rings (SSSR count). The van der Waals surface area contributed by atoms with E-state index in [0.717, 1.165) is 6.26 Å². The normalized spacial score (nSPS) is 13.1. The Kier molecular flexibility index (Phi) is 10.9. The second-order valence-corrected chi connectivity index (χ2v) is 9.08. The molecule has 0 radical (unpaired) electrons. The van der Waals surface area contributed by atoms with Crippen LogP contribution in [0.25, 0.3) is 0 Å². The number of rotatable bonds is 10. The minimum absolute atomic E-state index is 0.0142. The van der Waals surface area contributed by atoms with Crippen molar-refractivity contribution in [3.63, 3.8) is 0 Å². The summed E-state index contributed by atoms with van der Waals surface area (Å²) in [5, 5.41) is 2.42. The molecule has 0 unspecified atom stereocenters. The molecule has 1 aromatic rings. The molecular weight excluding hydrogens is 477 g/mol. The number of benzene rings is 1. The van der Waals surface area contributed by atoms with Crippen LogP contribution < -0.4 is 5.32 Å². The predicted octanol–water partition coefficient (Wildman–Crippen LogP) is 2.77. The van der Waals surface area contributed by atoms with Gasteiger partial charge < -0.3 is 24.3 Å². The fraction of sp³-hybridized carbons (Fsp3) is 0.500. The Morgan fingerprint density at radius 2 is 1.52 bits per heavy atom. The van der Waals surface area contributed by atoms with E-state index in [-0.39, 0.29) is 23.7 Å². The zero-order valence-electron chi connectivity index (χ0n) is 17.0. The molecule has 2 atom stereocenters. The second kappa shape index (κ2) is 12.6. The fourth-order valence-corrected chi connectivity index (χ4v) is 3.07. The van der Waals surface area contributed by atoms with Crippen molar-refractivity contribution in [2.75, 3.05) is 26.1 Å². The van der Waals surface area contributed by atoms with Crippen molar-refractivity contribution in [1.82, 2.24) is 5.32 Å². The molecule has 0 aliphatic rings. The van der Waals surface area contributed by atoms with Crippen LogP contribution in [0.4, 0.5) is 9.59 Å². The highest BCUT2D eigenvalue weighted by atomic mass is 35.5. The van der Waals surface area contributed by atoms with Crippen LogP contribution >= 0.6 is 23.2 Å². The van der Waals surface area contributed by atoms with E-state index in [2.05, 4.69) is 10.1 Å². The van der Waals surface area contributed by atoms with Gasteiger partial charge in [0.05, 0.1) is 18.1 Å². The van der Waals surface area contributed by atoms with Crippen LogP contribution in [0.3, 0.4) is 0 Å². The van der Waals surface area contributed by atoms with Crippen LogP contribution in [0.15, 0.2) is 29.2 Å². The molecule has 0 aliphatic heterocycles. The summed E-state index contributed by atoms with van der Waals surface area (Å²) in [5.41, 5.74) is 0.277. The Balaban J connectivity index is 3.29. The summed E-state index contributed by atoms with van der Waals surface area (Å²) in [5.74, 6) is -0.842. The number of hydrogen-bond acceptors (Lipinski definition) is 9. The van der Waals surface area contributed by atoms with Crippen LogP contribution in [0.5, 0.6) is 0 Å². The minimum atomic E-state index is -3.48. The maximum absolute atomic E-state index is 12.1. The standard InChI is InChI=1S/C18H23Cl2NO9S/c1-4-27-17(23)29-10-13(21-16(22)15(19)20)14(30-18(24)28-5-2)11-6-8-12(9-7-11)31(3,25)26/h6-9,13-15H,4-5,10H2,1-3H3,(H,21,22)/t13-,14-/m1/s1. The third-order valence-corrected chi connectivity index (χ3v) is 5.18. The lowest BCUT2D eigenvalue weighted by atomic mass is 10.0. The molecule has 174 valence electrons. The number of sulfone groups is 1. The second-order valence-electron chi connectivity index (χ2n) is 5.97. The van der Waals surface area contributed by atoms with E-state index in [4.69, 9.17) is 37.4 Å². The van der Waals surface area contributed by atoms with E-state index in [1.54, 1.807) is 13.8 Å². The first-order valence-electron chi connectivity index (χ1n) is 9.01. The third-order valence-electron chi connectivity index (χ3n) is 3.66. The molecular formula is C18H23Cl2NO9S. The number of amides is 1. The van der Waals surface area contributed by atoms with Gasteiger partial charge in [0.15, 0.2) is 20.8 Å². The molecule has 1 N–H and O–H groups in total. The summed E-state index contributed by atoms with van der Waals surface area (Å²) in [6, 6.07) is 4.18. The number of carbonyl (C=O) groups excluding carboxylic acids is 3. The average molecular weight is 500 g/mol. The van der Waals surface area contributed by atoms with Gasteiger partial charge in [-0.25, -0.2) is 18.0 Å². The Bertz CT molecular complexity index is 859. The van der Waals surface area contributed by atoms with Crippen LogP contribution in [0.2, 0.25) is 0 Å². The maximum Gasteiger partial charge on any atom is 0.508 e. The van der Waals surface area contributed by atoms with Crippen LogP contribution in [0.1, 0.15) is 25.5 Å². The Labute approximate surface area is 190 Å². The highest BCUT2D eigenvalue weighted by Crippen LogP contribution is 2.25. The van der Waals surface area contributed by atoms with Gasteiger partial charge in [-0.2, -0.15) is 0 Å². The first kappa shape index (κ1) is 26.8. The Morgan fingerprint density at radius 1 is 0.968 bits per heavy atom. The van der Waals surface area contributed by atoms with Crippen LogP contribution in [-0.2, 0) is 33.6 Å². The van der Waals surface area contributed by atoms with Gasteiger partial charge in [0, 0.05) is 6.26 Å². The highest BCUT2D eigenvalue weighted by Gasteiger charge is 2.32. The largest absolute Gasteiger partial charge is 0.508 e. The van der Waals surface area contributed by atoms with Gasteiger partial charge in [0.1, 0.15) is 12.6 Å². The summed E-state index contributed by atoms with van der Waals surface area (Å²) in [6.07, 6.45) is -2.30. The minimum Gasteiger partial charge on any atom is -0.435 e. The lowest BCUT2D eigenvalue weighted by molar-refractivity contribution is -0.122. The van der Waals surface area contributed by atoms with E-state index in [0.29, 0.717) is 0 Å². The van der Waals surface area contributed by atoms with Gasteiger partial charge in [-0.3, -0.25) is 4.79 Å². The monoisotopic (exact) mass is 499 g/mol. The molecule has 0 saturated carbocycles. The number of halogens is 2. The van der Waals surface area contributed by atoms with Crippen molar-refractivity contribution in [2.45, 2.75) is 35.7 Å². The molecule has 10 nitrogen and oxygen atoms in total. The lowest BCUT2D eigenvalue weighted by Gasteiger charge is -2.27. The molecule has 0 heterocycles. The van der Waals surface area contributed by atoms with E-state index in [1.165, 1.54) is 24.3 Å². The fourth-order valence-electron chi connectivity index (χ4n) is 2.31. The molecule has 0 fully saturated rings. The smallest absolute Gasteiger partial charge is 0.435 e. The van der Waals surface area contributed by atoms with Gasteiger partial charge in [0.25, 0.3) is 5.91 Å². The van der Waals surface area contributed by atoms with Crippen LogP contribution in [-0.4, -0.2) is 63.6 Å². The molecule has 0 bridgehead atoms. The predicted molar refractivity (Wildman–Crippen MR) is 111 cm³/mol. The van der Waals surface area contributed by atoms with E-state index in [1.807, 2.05) is 0 Å². The number of carbonyl (C=O) groups is 3. The lowest BCUT2D eigenvalue weighted by Crippen LogP contribution is -2.46. The molecule has 13 heteroatoms. The van der Waals surface area contributed by atoms with Gasteiger partial charge in [-0.15, -0.1) is 0 Å². The molecule has 0 spiro atoms. The summed E-state index contributed by atoms with van der Waals surface area (Å²) in [6.45, 7) is 2.72. The average Bonchev–Trinajstić information content (AvgIpc) is 2.69. The number of hydrogen-bond donors (Lipinski definition) is 1. The van der Waals surface area contributed by atoms with Gasteiger partial charge in [-0.05, 0) is 31.5 Å². The third kappa shape index (κ3) is 9.19. The van der Waals surface area contributed by atoms with Crippen molar-refractivity contribution in [3.8, 4) is 0 Å². The Morgan fingerprint density at radius 3 is 2.00 bits per heavy atom. The number of alkyl halides is 2. The topological polar surface area (TPSA) is 134 Å². The SMILES string of the molecule is CCOC(=O)OC[C@@H](NC(=O)C(Cl)Cl)[C@H](OC(=O)OCC)c1ccc(S(C)(=O)=O)cc1. The van der Waals surface area contributed by atoms with E-state index in [9.17, 15) is 22.8 Å². The zero-order chi connectivity index (χ0) is 23.6. The summed E-state index contributed by atoms with van der Waals surface area (Å²) in [4.78, 5) is 34.2. The molecule has 0 aliphatic carbocycles. The zero-order valence-corrected chi connectivity index (χ0v) is 19.3. The number of nitrogens with one attached hydrogen (secondary N) is 1. The van der Waals surface area contributed by atoms with Crippen LogP contribution in [0, 0.1) is 0 Å². The van der Waals surface area contributed by atoms with Gasteiger partial charge in [0.2, 0.25) is 0 Å². The van der Waals surface area contributed by atoms with E-state index < -0.39 is 51.6 Å². The number of ether oxygens (including phenoxy) is 4. The quantitative estimate of drug-likeness (QED) is 0.380. The van der Waals surface area contributed by atoms with Crippen molar-refractivity contribution in [2.24, 2.45) is 0 Å². The summed E-state index contributed by atoms with van der Waals surface area (Å²) in [7, 11) is -3.48. The molecule has 31 heavy (non-hydrogen) atoms. The van der Waals surface area contributed by atoms with Crippen molar-refractivity contribution in [1.29, 1.82) is 0 Å². The van der Waals surface area contributed by atoms with Crippen molar-refractivity contribution < 1.29 is 41.7 Å². The Hall–Kier alpha value is -2.24. The van der Waals surface area contributed by atoms with Gasteiger partial charge in [-0.1, -0.05) is 35.3 Å².